The average molecular weight is 187 g/mol. The number of nitriles is 1. The molecule has 0 saturated carbocycles. The molecule has 0 aromatic heterocycles. The number of hydrogen-bond acceptors (Lipinski definition) is 2. The Hall–Kier alpha value is -1.59. The number of hydrogen-bond donors (Lipinski definition) is 1. The minimum Gasteiger partial charge on any atom is -0.387 e. The Morgan fingerprint density at radius 2 is 2.00 bits per heavy atom. The van der Waals surface area contributed by atoms with E-state index in [0.29, 0.717) is 5.57 Å². The maximum absolute atomic E-state index is 9.72. The molecule has 2 nitrogen and oxygen atoms in total. The quantitative estimate of drug-likeness (QED) is 0.737. The normalized spacial score (nSPS) is 14.1. The molecule has 0 fully saturated rings. The predicted molar refractivity (Wildman–Crippen MR) is 55.6 cm³/mol. The first kappa shape index (κ1) is 10.5. The van der Waals surface area contributed by atoms with Crippen LogP contribution in [-0.4, -0.2) is 11.2 Å². The van der Waals surface area contributed by atoms with Gasteiger partial charge in [-0.3, -0.25) is 0 Å². The van der Waals surface area contributed by atoms with Crippen molar-refractivity contribution >= 4 is 0 Å². The molecule has 0 radical (unpaired) electrons. The van der Waals surface area contributed by atoms with Gasteiger partial charge in [0.05, 0.1) is 12.2 Å². The lowest BCUT2D eigenvalue weighted by Gasteiger charge is -2.16. The lowest BCUT2D eigenvalue weighted by molar-refractivity contribution is 0.198. The van der Waals surface area contributed by atoms with Gasteiger partial charge in [-0.25, -0.2) is 0 Å². The van der Waals surface area contributed by atoms with Crippen molar-refractivity contribution in [3.8, 4) is 6.07 Å². The maximum atomic E-state index is 9.72. The van der Waals surface area contributed by atoms with Crippen LogP contribution >= 0.6 is 0 Å². The van der Waals surface area contributed by atoms with Crippen LogP contribution in [0.1, 0.15) is 18.4 Å². The Morgan fingerprint density at radius 1 is 1.43 bits per heavy atom. The first-order valence-corrected chi connectivity index (χ1v) is 4.45. The Balaban J connectivity index is 2.95. The second kappa shape index (κ2) is 4.59. The first-order valence-electron chi connectivity index (χ1n) is 4.45. The Bertz CT molecular complexity index is 350. The molecular weight excluding hydrogens is 174 g/mol. The molecule has 0 bridgehead atoms. The molecule has 0 heterocycles. The van der Waals surface area contributed by atoms with E-state index in [1.165, 1.54) is 0 Å². The second-order valence-electron chi connectivity index (χ2n) is 3.31. The fraction of sp³-hybridized carbons (Fsp3) is 0.250. The number of benzene rings is 1. The molecule has 72 valence electrons. The van der Waals surface area contributed by atoms with E-state index in [2.05, 4.69) is 12.6 Å². The van der Waals surface area contributed by atoms with Gasteiger partial charge < -0.3 is 5.11 Å². The van der Waals surface area contributed by atoms with Crippen LogP contribution in [0.25, 0.3) is 0 Å². The third-order valence-electron chi connectivity index (χ3n) is 2.12. The Kier molecular flexibility index (Phi) is 3.44. The summed E-state index contributed by atoms with van der Waals surface area (Å²) in [6, 6.07) is 11.3. The Morgan fingerprint density at radius 3 is 2.43 bits per heavy atom. The van der Waals surface area contributed by atoms with E-state index in [-0.39, 0.29) is 0 Å². The van der Waals surface area contributed by atoms with Crippen LogP contribution in [0.5, 0.6) is 0 Å². The minimum atomic E-state index is -0.789. The van der Waals surface area contributed by atoms with Gasteiger partial charge in [0.1, 0.15) is 5.92 Å². The van der Waals surface area contributed by atoms with E-state index < -0.39 is 12.0 Å². The number of rotatable bonds is 3. The van der Waals surface area contributed by atoms with Crippen LogP contribution in [0.4, 0.5) is 0 Å². The van der Waals surface area contributed by atoms with E-state index in [1.807, 2.05) is 30.3 Å². The number of aliphatic hydroxyl groups is 1. The molecule has 14 heavy (non-hydrogen) atoms. The lowest BCUT2D eigenvalue weighted by atomic mass is 9.91. The Labute approximate surface area is 84.1 Å². The van der Waals surface area contributed by atoms with E-state index in [4.69, 9.17) is 5.26 Å². The smallest absolute Gasteiger partial charge is 0.101 e. The number of nitrogens with zero attached hydrogens (tertiary/aromatic N) is 1. The minimum absolute atomic E-state index is 0.520. The van der Waals surface area contributed by atoms with Gasteiger partial charge in [0.2, 0.25) is 0 Å². The molecular formula is C12H13NO. The zero-order chi connectivity index (χ0) is 10.6. The molecule has 0 saturated heterocycles. The summed E-state index contributed by atoms with van der Waals surface area (Å²) in [5.41, 5.74) is 1.44. The first-order chi connectivity index (χ1) is 6.66. The van der Waals surface area contributed by atoms with Gasteiger partial charge in [0, 0.05) is 0 Å². The summed E-state index contributed by atoms with van der Waals surface area (Å²) in [7, 11) is 0. The summed E-state index contributed by atoms with van der Waals surface area (Å²) in [4.78, 5) is 0. The van der Waals surface area contributed by atoms with Gasteiger partial charge >= 0.3 is 0 Å². The molecule has 2 atom stereocenters. The van der Waals surface area contributed by atoms with Crippen molar-refractivity contribution < 1.29 is 5.11 Å². The van der Waals surface area contributed by atoms with Gasteiger partial charge in [0.25, 0.3) is 0 Å². The van der Waals surface area contributed by atoms with Crippen LogP contribution < -0.4 is 0 Å². The molecule has 2 unspecified atom stereocenters. The molecule has 0 amide bonds. The van der Waals surface area contributed by atoms with Gasteiger partial charge in [-0.2, -0.15) is 5.26 Å². The third kappa shape index (κ3) is 2.21. The van der Waals surface area contributed by atoms with Crippen molar-refractivity contribution in [2.24, 2.45) is 0 Å². The van der Waals surface area contributed by atoms with E-state index >= 15 is 0 Å². The van der Waals surface area contributed by atoms with Crippen molar-refractivity contribution in [3.05, 3.63) is 48.0 Å². The fourth-order valence-electron chi connectivity index (χ4n) is 1.27. The standard InChI is InChI=1S/C12H13NO/c1-9(2)12(14)11(8-13)10-6-4-3-5-7-10/h3-7,11-12,14H,1H2,2H3. The van der Waals surface area contributed by atoms with Crippen molar-refractivity contribution in [1.82, 2.24) is 0 Å². The topological polar surface area (TPSA) is 44.0 Å². The highest BCUT2D eigenvalue weighted by Crippen LogP contribution is 2.22. The molecule has 2 heteroatoms. The summed E-state index contributed by atoms with van der Waals surface area (Å²) >= 11 is 0. The van der Waals surface area contributed by atoms with E-state index in [1.54, 1.807) is 6.92 Å². The maximum Gasteiger partial charge on any atom is 0.101 e. The molecule has 1 aromatic rings. The highest BCUT2D eigenvalue weighted by Gasteiger charge is 2.20. The average Bonchev–Trinajstić information content (AvgIpc) is 2.20. The monoisotopic (exact) mass is 187 g/mol. The van der Waals surface area contributed by atoms with Crippen LogP contribution in [0.2, 0.25) is 0 Å². The van der Waals surface area contributed by atoms with Crippen LogP contribution in [-0.2, 0) is 0 Å². The van der Waals surface area contributed by atoms with Crippen molar-refractivity contribution in [2.75, 3.05) is 0 Å². The summed E-state index contributed by atoms with van der Waals surface area (Å²) in [5.74, 6) is -0.520. The highest BCUT2D eigenvalue weighted by atomic mass is 16.3. The molecule has 1 aromatic carbocycles. The second-order valence-corrected chi connectivity index (χ2v) is 3.31. The molecule has 0 aliphatic rings. The summed E-state index contributed by atoms with van der Waals surface area (Å²) in [6.07, 6.45) is -0.789. The summed E-state index contributed by atoms with van der Waals surface area (Å²) in [5, 5.41) is 18.7. The largest absolute Gasteiger partial charge is 0.387 e. The molecule has 0 spiro atoms. The van der Waals surface area contributed by atoms with Gasteiger partial charge in [-0.05, 0) is 12.5 Å². The van der Waals surface area contributed by atoms with Crippen molar-refractivity contribution in [3.63, 3.8) is 0 Å². The van der Waals surface area contributed by atoms with Crippen molar-refractivity contribution in [2.45, 2.75) is 18.9 Å². The van der Waals surface area contributed by atoms with Crippen molar-refractivity contribution in [1.29, 1.82) is 5.26 Å². The predicted octanol–water partition coefficient (Wildman–Crippen LogP) is 2.23. The fourth-order valence-corrected chi connectivity index (χ4v) is 1.27. The lowest BCUT2D eigenvalue weighted by Crippen LogP contribution is -2.17. The zero-order valence-corrected chi connectivity index (χ0v) is 8.14. The summed E-state index contributed by atoms with van der Waals surface area (Å²) < 4.78 is 0. The SMILES string of the molecule is C=C(C)C(O)C(C#N)c1ccccc1. The van der Waals surface area contributed by atoms with E-state index in [9.17, 15) is 5.11 Å². The van der Waals surface area contributed by atoms with Crippen LogP contribution in [0.3, 0.4) is 0 Å². The molecule has 1 rings (SSSR count). The molecule has 0 aliphatic carbocycles. The van der Waals surface area contributed by atoms with E-state index in [0.717, 1.165) is 5.56 Å². The van der Waals surface area contributed by atoms with Crippen LogP contribution in [0.15, 0.2) is 42.5 Å². The van der Waals surface area contributed by atoms with Gasteiger partial charge in [0.15, 0.2) is 0 Å². The summed E-state index contributed by atoms with van der Waals surface area (Å²) in [6.45, 7) is 5.37. The highest BCUT2D eigenvalue weighted by molar-refractivity contribution is 5.29. The van der Waals surface area contributed by atoms with Gasteiger partial charge in [-0.1, -0.05) is 42.5 Å². The molecule has 1 N–H and O–H groups in total. The molecule has 0 aliphatic heterocycles. The third-order valence-corrected chi connectivity index (χ3v) is 2.12. The number of aliphatic hydroxyl groups excluding tert-OH is 1. The van der Waals surface area contributed by atoms with Gasteiger partial charge in [-0.15, -0.1) is 0 Å². The zero-order valence-electron chi connectivity index (χ0n) is 8.14. The van der Waals surface area contributed by atoms with Crippen LogP contribution in [0, 0.1) is 11.3 Å².